The molecule has 0 spiro atoms. The van der Waals surface area contributed by atoms with Crippen molar-refractivity contribution in [3.63, 3.8) is 0 Å². The minimum atomic E-state index is 0.0270. The van der Waals surface area contributed by atoms with Gasteiger partial charge in [0.05, 0.1) is 0 Å². The highest BCUT2D eigenvalue weighted by atomic mass is 15.2. The van der Waals surface area contributed by atoms with Crippen LogP contribution in [0.15, 0.2) is 91.0 Å². The third-order valence-corrected chi connectivity index (χ3v) is 9.63. The molecule has 7 rings (SSSR count). The van der Waals surface area contributed by atoms with E-state index in [0.29, 0.717) is 11.8 Å². The molecule has 1 heteroatoms. The fourth-order valence-electron chi connectivity index (χ4n) is 7.97. The Morgan fingerprint density at radius 3 is 2.25 bits per heavy atom. The third kappa shape index (κ3) is 2.89. The predicted molar refractivity (Wildman–Crippen MR) is 152 cm³/mol. The lowest BCUT2D eigenvalue weighted by Gasteiger charge is -2.46. The molecule has 1 fully saturated rings. The van der Waals surface area contributed by atoms with Gasteiger partial charge in [-0.25, -0.2) is 0 Å². The summed E-state index contributed by atoms with van der Waals surface area (Å²) in [5.41, 5.74) is 12.8. The molecule has 2 aliphatic carbocycles. The van der Waals surface area contributed by atoms with Crippen molar-refractivity contribution < 1.29 is 0 Å². The van der Waals surface area contributed by atoms with Gasteiger partial charge in [-0.1, -0.05) is 87.9 Å². The summed E-state index contributed by atoms with van der Waals surface area (Å²) < 4.78 is 0. The summed E-state index contributed by atoms with van der Waals surface area (Å²) in [5.74, 6) is 1.23. The summed E-state index contributed by atoms with van der Waals surface area (Å²) >= 11 is 0. The fraction of sp³-hybridized carbons (Fsp3) is 0.314. The maximum absolute atomic E-state index is 2.66. The Morgan fingerprint density at radius 1 is 0.722 bits per heavy atom. The summed E-state index contributed by atoms with van der Waals surface area (Å²) in [6.45, 7) is 9.73. The highest BCUT2D eigenvalue weighted by molar-refractivity contribution is 5.85. The zero-order chi connectivity index (χ0) is 24.7. The van der Waals surface area contributed by atoms with E-state index in [0.717, 1.165) is 0 Å². The lowest BCUT2D eigenvalue weighted by atomic mass is 9.67. The number of nitrogens with zero attached hydrogens (tertiary/aromatic N) is 1. The maximum Gasteiger partial charge on any atom is 0.0495 e. The first-order valence-electron chi connectivity index (χ1n) is 13.6. The Balaban J connectivity index is 1.37. The molecule has 1 aliphatic heterocycles. The SMILES string of the molecule is CC1CCCC2(C)C1c1cc(-c3ccc4c(c3)C(C)(C)c3ccccc3-4)ccc1N2c1ccccc1. The lowest BCUT2D eigenvalue weighted by Crippen LogP contribution is -2.47. The Kier molecular flexibility index (Phi) is 4.62. The molecule has 180 valence electrons. The number of hydrogen-bond acceptors (Lipinski definition) is 1. The fourth-order valence-corrected chi connectivity index (χ4v) is 7.97. The molecule has 3 aliphatic rings. The minimum absolute atomic E-state index is 0.0270. The zero-order valence-electron chi connectivity index (χ0n) is 21.9. The van der Waals surface area contributed by atoms with Gasteiger partial charge in [0, 0.05) is 28.2 Å². The van der Waals surface area contributed by atoms with Gasteiger partial charge >= 0.3 is 0 Å². The Labute approximate surface area is 215 Å². The second kappa shape index (κ2) is 7.59. The summed E-state index contributed by atoms with van der Waals surface area (Å²) in [6, 6.07) is 34.4. The topological polar surface area (TPSA) is 3.24 Å². The molecule has 0 saturated heterocycles. The molecule has 0 N–H and O–H groups in total. The van der Waals surface area contributed by atoms with Crippen LogP contribution < -0.4 is 4.90 Å². The first-order valence-corrected chi connectivity index (χ1v) is 13.6. The van der Waals surface area contributed by atoms with Crippen LogP contribution >= 0.6 is 0 Å². The van der Waals surface area contributed by atoms with E-state index in [1.165, 1.54) is 69.6 Å². The Hall–Kier alpha value is -3.32. The molecule has 36 heavy (non-hydrogen) atoms. The van der Waals surface area contributed by atoms with E-state index in [4.69, 9.17) is 0 Å². The van der Waals surface area contributed by atoms with E-state index in [2.05, 4.69) is 124 Å². The van der Waals surface area contributed by atoms with Crippen LogP contribution in [0, 0.1) is 5.92 Å². The monoisotopic (exact) mass is 469 g/mol. The van der Waals surface area contributed by atoms with Gasteiger partial charge in [0.2, 0.25) is 0 Å². The summed E-state index contributed by atoms with van der Waals surface area (Å²) in [5, 5.41) is 0. The van der Waals surface area contributed by atoms with E-state index >= 15 is 0 Å². The highest BCUT2D eigenvalue weighted by Crippen LogP contribution is 2.59. The molecule has 0 amide bonds. The van der Waals surface area contributed by atoms with Gasteiger partial charge in [-0.05, 0) is 95.0 Å². The van der Waals surface area contributed by atoms with Gasteiger partial charge < -0.3 is 4.90 Å². The number of benzene rings is 4. The van der Waals surface area contributed by atoms with Crippen LogP contribution in [0.25, 0.3) is 22.3 Å². The smallest absolute Gasteiger partial charge is 0.0495 e. The summed E-state index contributed by atoms with van der Waals surface area (Å²) in [4.78, 5) is 2.66. The molecule has 0 bridgehead atoms. The first kappa shape index (κ1) is 21.9. The van der Waals surface area contributed by atoms with E-state index in [9.17, 15) is 0 Å². The van der Waals surface area contributed by atoms with Crippen molar-refractivity contribution in [2.45, 2.75) is 63.8 Å². The van der Waals surface area contributed by atoms with E-state index < -0.39 is 0 Å². The van der Waals surface area contributed by atoms with Crippen LogP contribution in [0.5, 0.6) is 0 Å². The first-order chi connectivity index (χ1) is 17.4. The van der Waals surface area contributed by atoms with E-state index in [1.54, 1.807) is 0 Å². The summed E-state index contributed by atoms with van der Waals surface area (Å²) in [7, 11) is 0. The number of fused-ring (bicyclic) bond motifs is 6. The van der Waals surface area contributed by atoms with Crippen molar-refractivity contribution in [1.82, 2.24) is 0 Å². The molecule has 0 radical (unpaired) electrons. The van der Waals surface area contributed by atoms with Crippen LogP contribution in [0.2, 0.25) is 0 Å². The quantitative estimate of drug-likeness (QED) is 0.282. The molecular weight excluding hydrogens is 434 g/mol. The third-order valence-electron chi connectivity index (χ3n) is 9.63. The number of anilines is 2. The second-order valence-electron chi connectivity index (χ2n) is 12.1. The van der Waals surface area contributed by atoms with Gasteiger partial charge in [-0.2, -0.15) is 0 Å². The molecule has 3 unspecified atom stereocenters. The highest BCUT2D eigenvalue weighted by Gasteiger charge is 2.52. The molecule has 4 aromatic carbocycles. The normalized spacial score (nSPS) is 25.2. The van der Waals surface area contributed by atoms with Gasteiger partial charge in [0.25, 0.3) is 0 Å². The van der Waals surface area contributed by atoms with Gasteiger partial charge in [0.15, 0.2) is 0 Å². The molecular formula is C35H35N. The number of rotatable bonds is 2. The zero-order valence-corrected chi connectivity index (χ0v) is 21.9. The van der Waals surface area contributed by atoms with Crippen LogP contribution in [-0.2, 0) is 5.41 Å². The standard InChI is InChI=1S/C35H35N/c1-23-11-10-20-35(4)33(23)29-21-24(17-19-32(29)36(35)26-12-6-5-7-13-26)25-16-18-28-27-14-8-9-15-30(27)34(2,3)31(28)22-25/h5-9,12-19,21-23,33H,10-11,20H2,1-4H3. The van der Waals surface area contributed by atoms with Crippen molar-refractivity contribution >= 4 is 11.4 Å². The average Bonchev–Trinajstić information content (AvgIpc) is 3.29. The van der Waals surface area contributed by atoms with Crippen LogP contribution in [0.3, 0.4) is 0 Å². The molecule has 0 aromatic heterocycles. The minimum Gasteiger partial charge on any atom is -0.335 e. The molecule has 4 aromatic rings. The predicted octanol–water partition coefficient (Wildman–Crippen LogP) is 9.47. The van der Waals surface area contributed by atoms with Crippen molar-refractivity contribution in [2.24, 2.45) is 5.92 Å². The summed E-state index contributed by atoms with van der Waals surface area (Å²) in [6.07, 6.45) is 3.86. The van der Waals surface area contributed by atoms with Crippen molar-refractivity contribution in [2.75, 3.05) is 4.90 Å². The van der Waals surface area contributed by atoms with Crippen molar-refractivity contribution in [3.05, 3.63) is 108 Å². The maximum atomic E-state index is 2.66. The molecule has 1 heterocycles. The van der Waals surface area contributed by atoms with Gasteiger partial charge in [-0.15, -0.1) is 0 Å². The van der Waals surface area contributed by atoms with Crippen LogP contribution in [0.1, 0.15) is 69.6 Å². The largest absolute Gasteiger partial charge is 0.335 e. The number of para-hydroxylation sites is 1. The van der Waals surface area contributed by atoms with Gasteiger partial charge in [0.1, 0.15) is 0 Å². The number of hydrogen-bond donors (Lipinski definition) is 0. The van der Waals surface area contributed by atoms with E-state index in [-0.39, 0.29) is 11.0 Å². The Bertz CT molecular complexity index is 1480. The van der Waals surface area contributed by atoms with E-state index in [1.807, 2.05) is 0 Å². The van der Waals surface area contributed by atoms with Crippen LogP contribution in [-0.4, -0.2) is 5.54 Å². The Morgan fingerprint density at radius 2 is 1.42 bits per heavy atom. The average molecular weight is 470 g/mol. The van der Waals surface area contributed by atoms with Gasteiger partial charge in [-0.3, -0.25) is 0 Å². The molecule has 3 atom stereocenters. The molecule has 1 saturated carbocycles. The second-order valence-corrected chi connectivity index (χ2v) is 12.1. The van der Waals surface area contributed by atoms with Crippen molar-refractivity contribution in [1.29, 1.82) is 0 Å². The molecule has 1 nitrogen and oxygen atoms in total. The lowest BCUT2D eigenvalue weighted by molar-refractivity contribution is 0.223. The van der Waals surface area contributed by atoms with Crippen molar-refractivity contribution in [3.8, 4) is 22.3 Å². The van der Waals surface area contributed by atoms with Crippen LogP contribution in [0.4, 0.5) is 11.4 Å².